The van der Waals surface area contributed by atoms with E-state index in [2.05, 4.69) is 10.1 Å². The van der Waals surface area contributed by atoms with Crippen molar-refractivity contribution in [1.82, 2.24) is 10.2 Å². The van der Waals surface area contributed by atoms with Crippen LogP contribution >= 0.6 is 0 Å². The van der Waals surface area contributed by atoms with Crippen molar-refractivity contribution in [3.05, 3.63) is 0 Å². The number of rotatable bonds is 9. The van der Waals surface area contributed by atoms with Crippen LogP contribution in [0.5, 0.6) is 0 Å². The molecule has 0 radical (unpaired) electrons. The number of hydrogen-bond acceptors (Lipinski definition) is 5. The van der Waals surface area contributed by atoms with E-state index in [4.69, 9.17) is 9.84 Å². The van der Waals surface area contributed by atoms with Gasteiger partial charge in [-0.05, 0) is 12.8 Å². The van der Waals surface area contributed by atoms with Gasteiger partial charge in [-0.2, -0.15) is 0 Å². The molecule has 0 aromatic rings. The largest absolute Gasteiger partial charge is 0.480 e. The summed E-state index contributed by atoms with van der Waals surface area (Å²) in [5.74, 6) is -1.70. The molecule has 8 heteroatoms. The van der Waals surface area contributed by atoms with Crippen LogP contribution in [0.4, 0.5) is 4.79 Å². The average Bonchev–Trinajstić information content (AvgIpc) is 2.42. The monoisotopic (exact) mass is 290 g/mol. The van der Waals surface area contributed by atoms with Gasteiger partial charge in [0.15, 0.2) is 0 Å². The summed E-state index contributed by atoms with van der Waals surface area (Å²) in [5.41, 5.74) is 0. The number of carbonyl (C=O) groups is 3. The molecular formula is C12H22N2O6. The molecule has 116 valence electrons. The number of amides is 2. The summed E-state index contributed by atoms with van der Waals surface area (Å²) in [6, 6.07) is -1.62. The molecule has 0 saturated carbocycles. The van der Waals surface area contributed by atoms with Crippen LogP contribution in [0, 0.1) is 0 Å². The Balaban J connectivity index is 4.25. The number of nitrogens with zero attached hydrogens (tertiary/aromatic N) is 1. The highest BCUT2D eigenvalue weighted by molar-refractivity contribution is 5.83. The number of urea groups is 1. The van der Waals surface area contributed by atoms with Gasteiger partial charge in [-0.3, -0.25) is 4.79 Å². The molecule has 0 aliphatic heterocycles. The third kappa shape index (κ3) is 7.57. The van der Waals surface area contributed by atoms with Gasteiger partial charge in [0.05, 0.1) is 7.11 Å². The Morgan fingerprint density at radius 2 is 1.95 bits per heavy atom. The summed E-state index contributed by atoms with van der Waals surface area (Å²) in [6.45, 7) is 0.964. The topological polar surface area (TPSA) is 105 Å². The summed E-state index contributed by atoms with van der Waals surface area (Å²) in [4.78, 5) is 35.1. The maximum Gasteiger partial charge on any atom is 0.326 e. The highest BCUT2D eigenvalue weighted by Crippen LogP contribution is 2.01. The molecule has 2 amide bonds. The smallest absolute Gasteiger partial charge is 0.326 e. The van der Waals surface area contributed by atoms with Gasteiger partial charge in [0.2, 0.25) is 0 Å². The van der Waals surface area contributed by atoms with Crippen molar-refractivity contribution in [3.8, 4) is 0 Å². The van der Waals surface area contributed by atoms with E-state index >= 15 is 0 Å². The number of aliphatic carboxylic acids is 1. The van der Waals surface area contributed by atoms with Gasteiger partial charge in [0, 0.05) is 33.7 Å². The molecule has 0 saturated heterocycles. The number of carboxylic acids is 1. The van der Waals surface area contributed by atoms with E-state index in [1.807, 2.05) is 0 Å². The first kappa shape index (κ1) is 18.2. The molecule has 2 N–H and O–H groups in total. The molecule has 0 aromatic carbocycles. The molecule has 20 heavy (non-hydrogen) atoms. The third-order valence-electron chi connectivity index (χ3n) is 2.65. The molecule has 0 spiro atoms. The Hall–Kier alpha value is -1.83. The fourth-order valence-electron chi connectivity index (χ4n) is 1.43. The molecule has 0 bridgehead atoms. The van der Waals surface area contributed by atoms with Gasteiger partial charge < -0.3 is 24.8 Å². The van der Waals surface area contributed by atoms with Gasteiger partial charge >= 0.3 is 18.0 Å². The first-order valence-electron chi connectivity index (χ1n) is 6.22. The lowest BCUT2D eigenvalue weighted by atomic mass is 10.1. The fraction of sp³-hybridized carbons (Fsp3) is 0.750. The Kier molecular flexibility index (Phi) is 9.10. The van der Waals surface area contributed by atoms with E-state index in [1.54, 1.807) is 14.2 Å². The van der Waals surface area contributed by atoms with Crippen molar-refractivity contribution in [2.75, 3.05) is 34.4 Å². The SMILES string of the molecule is COCCCN(C)C(=O)N[C@H](CCC(=O)OC)C(=O)O. The summed E-state index contributed by atoms with van der Waals surface area (Å²) < 4.78 is 9.29. The summed E-state index contributed by atoms with van der Waals surface area (Å²) >= 11 is 0. The van der Waals surface area contributed by atoms with E-state index in [0.717, 1.165) is 0 Å². The second-order valence-corrected chi connectivity index (χ2v) is 4.22. The number of carbonyl (C=O) groups excluding carboxylic acids is 2. The summed E-state index contributed by atoms with van der Waals surface area (Å²) in [5, 5.41) is 11.4. The van der Waals surface area contributed by atoms with Crippen LogP contribution in [0.2, 0.25) is 0 Å². The number of esters is 1. The van der Waals surface area contributed by atoms with E-state index < -0.39 is 24.0 Å². The second-order valence-electron chi connectivity index (χ2n) is 4.22. The van der Waals surface area contributed by atoms with Crippen molar-refractivity contribution >= 4 is 18.0 Å². The molecule has 0 heterocycles. The Labute approximate surface area is 118 Å². The van der Waals surface area contributed by atoms with Crippen molar-refractivity contribution in [2.45, 2.75) is 25.3 Å². The van der Waals surface area contributed by atoms with Gasteiger partial charge in [0.25, 0.3) is 0 Å². The number of nitrogens with one attached hydrogen (secondary N) is 1. The standard InChI is InChI=1S/C12H22N2O6/c1-14(7-4-8-19-2)12(18)13-9(11(16)17)5-6-10(15)20-3/h9H,4-8H2,1-3H3,(H,13,18)(H,16,17)/t9-/m1/s1. The Morgan fingerprint density at radius 1 is 1.30 bits per heavy atom. The lowest BCUT2D eigenvalue weighted by molar-refractivity contribution is -0.142. The highest BCUT2D eigenvalue weighted by Gasteiger charge is 2.22. The van der Waals surface area contributed by atoms with Crippen LogP contribution in [0.3, 0.4) is 0 Å². The minimum absolute atomic E-state index is 0.0142. The molecule has 0 unspecified atom stereocenters. The maximum atomic E-state index is 11.8. The number of methoxy groups -OCH3 is 2. The molecule has 0 aliphatic carbocycles. The van der Waals surface area contributed by atoms with E-state index in [0.29, 0.717) is 19.6 Å². The van der Waals surface area contributed by atoms with Crippen LogP contribution in [0.15, 0.2) is 0 Å². The molecule has 0 fully saturated rings. The van der Waals surface area contributed by atoms with Crippen LogP contribution in [0.25, 0.3) is 0 Å². The van der Waals surface area contributed by atoms with E-state index in [-0.39, 0.29) is 12.8 Å². The molecular weight excluding hydrogens is 268 g/mol. The van der Waals surface area contributed by atoms with E-state index in [1.165, 1.54) is 12.0 Å². The molecule has 1 atom stereocenters. The van der Waals surface area contributed by atoms with Crippen molar-refractivity contribution in [2.24, 2.45) is 0 Å². The first-order valence-corrected chi connectivity index (χ1v) is 6.22. The quantitative estimate of drug-likeness (QED) is 0.460. The van der Waals surface area contributed by atoms with Crippen LogP contribution in [0.1, 0.15) is 19.3 Å². The number of ether oxygens (including phenoxy) is 2. The molecule has 0 aromatic heterocycles. The predicted molar refractivity (Wildman–Crippen MR) is 70.3 cm³/mol. The zero-order chi connectivity index (χ0) is 15.5. The molecule has 0 rings (SSSR count). The Morgan fingerprint density at radius 3 is 2.45 bits per heavy atom. The van der Waals surface area contributed by atoms with Crippen LogP contribution in [-0.2, 0) is 19.1 Å². The number of hydrogen-bond donors (Lipinski definition) is 2. The van der Waals surface area contributed by atoms with Crippen LogP contribution in [-0.4, -0.2) is 68.4 Å². The zero-order valence-electron chi connectivity index (χ0n) is 12.0. The lowest BCUT2D eigenvalue weighted by Gasteiger charge is -2.21. The van der Waals surface area contributed by atoms with Gasteiger partial charge in [0.1, 0.15) is 6.04 Å². The van der Waals surface area contributed by atoms with Gasteiger partial charge in [-0.25, -0.2) is 9.59 Å². The maximum absolute atomic E-state index is 11.8. The van der Waals surface area contributed by atoms with Crippen molar-refractivity contribution in [1.29, 1.82) is 0 Å². The fourth-order valence-corrected chi connectivity index (χ4v) is 1.43. The van der Waals surface area contributed by atoms with Crippen LogP contribution < -0.4 is 5.32 Å². The Bertz CT molecular complexity index is 334. The third-order valence-corrected chi connectivity index (χ3v) is 2.65. The minimum Gasteiger partial charge on any atom is -0.480 e. The first-order chi connectivity index (χ1) is 9.42. The predicted octanol–water partition coefficient (Wildman–Crippen LogP) is 0.0707. The zero-order valence-corrected chi connectivity index (χ0v) is 12.0. The molecule has 0 aliphatic rings. The van der Waals surface area contributed by atoms with Crippen molar-refractivity contribution < 1.29 is 29.0 Å². The minimum atomic E-state index is -1.19. The molecule has 8 nitrogen and oxygen atoms in total. The normalized spacial score (nSPS) is 11.6. The van der Waals surface area contributed by atoms with Crippen molar-refractivity contribution in [3.63, 3.8) is 0 Å². The summed E-state index contributed by atoms with van der Waals surface area (Å²) in [7, 11) is 4.35. The van der Waals surface area contributed by atoms with Gasteiger partial charge in [-0.15, -0.1) is 0 Å². The van der Waals surface area contributed by atoms with E-state index in [9.17, 15) is 14.4 Å². The highest BCUT2D eigenvalue weighted by atomic mass is 16.5. The average molecular weight is 290 g/mol. The van der Waals surface area contributed by atoms with Gasteiger partial charge in [-0.1, -0.05) is 0 Å². The number of carboxylic acid groups (broad SMARTS) is 1. The lowest BCUT2D eigenvalue weighted by Crippen LogP contribution is -2.47. The summed E-state index contributed by atoms with van der Waals surface area (Å²) in [6.07, 6.45) is 0.571. The second kappa shape index (κ2) is 10.0.